The fraction of sp³-hybridized carbons (Fsp3) is 0.172. The number of hydrogen-bond donors (Lipinski definition) is 0. The molecule has 2 aromatic heterocycles. The van der Waals surface area contributed by atoms with Gasteiger partial charge < -0.3 is 0 Å². The summed E-state index contributed by atoms with van der Waals surface area (Å²) >= 11 is 5.33. The van der Waals surface area contributed by atoms with Gasteiger partial charge in [-0.3, -0.25) is 0 Å². The van der Waals surface area contributed by atoms with Gasteiger partial charge >= 0.3 is 0 Å². The third-order valence-corrected chi connectivity index (χ3v) is 7.18. The minimum absolute atomic E-state index is 1.14. The van der Waals surface area contributed by atoms with Crippen LogP contribution in [-0.4, -0.2) is 12.5 Å². The van der Waals surface area contributed by atoms with Gasteiger partial charge in [0.15, 0.2) is 0 Å². The van der Waals surface area contributed by atoms with Gasteiger partial charge in [-0.05, 0) is 104 Å². The minimum Gasteiger partial charge on any atom is -0.169 e. The first-order valence-corrected chi connectivity index (χ1v) is 14.1. The van der Waals surface area contributed by atoms with E-state index in [2.05, 4.69) is 77.9 Å². The summed E-state index contributed by atoms with van der Waals surface area (Å²) in [5.74, 6) is 6.21. The van der Waals surface area contributed by atoms with Gasteiger partial charge in [0.25, 0.3) is 0 Å². The summed E-state index contributed by atoms with van der Waals surface area (Å²) in [6.45, 7) is 5.89. The van der Waals surface area contributed by atoms with E-state index in [1.54, 1.807) is 23.1 Å². The van der Waals surface area contributed by atoms with Gasteiger partial charge in [-0.1, -0.05) is 44.0 Å². The lowest BCUT2D eigenvalue weighted by Crippen LogP contribution is -1.81. The standard InChI is InChI=1S/C25H14S2.C2H6S.C2H6/c1-2-3-19-10-18-12-23-16(14-25(18)27-19)5-7-20-21(23)6-4-15-13-24-17(8-9-26-24)11-22(15)20;1-3-2;1-2/h4-14H,1H3;1-2H3;1-2H3. The van der Waals surface area contributed by atoms with Crippen LogP contribution >= 0.6 is 34.4 Å². The van der Waals surface area contributed by atoms with E-state index < -0.39 is 0 Å². The van der Waals surface area contributed by atoms with Crippen LogP contribution in [0.15, 0.2) is 66.0 Å². The highest BCUT2D eigenvalue weighted by Crippen LogP contribution is 2.37. The molecule has 0 unspecified atom stereocenters. The summed E-state index contributed by atoms with van der Waals surface area (Å²) in [6, 6.07) is 22.8. The summed E-state index contributed by atoms with van der Waals surface area (Å²) in [5, 5.41) is 12.7. The summed E-state index contributed by atoms with van der Waals surface area (Å²) in [6.07, 6.45) is 4.08. The number of benzene rings is 4. The van der Waals surface area contributed by atoms with Gasteiger partial charge in [0.1, 0.15) is 0 Å². The molecule has 0 bridgehead atoms. The van der Waals surface area contributed by atoms with Gasteiger partial charge in [0, 0.05) is 9.40 Å². The van der Waals surface area contributed by atoms with E-state index in [0.717, 1.165) is 4.88 Å². The Kier molecular flexibility index (Phi) is 7.06. The Balaban J connectivity index is 0.000000455. The first-order chi connectivity index (χ1) is 15.7. The highest BCUT2D eigenvalue weighted by atomic mass is 32.2. The molecule has 0 saturated carbocycles. The average molecular weight is 471 g/mol. The average Bonchev–Trinajstić information content (AvgIpc) is 3.43. The van der Waals surface area contributed by atoms with E-state index in [-0.39, 0.29) is 0 Å². The molecule has 4 aromatic carbocycles. The molecule has 160 valence electrons. The van der Waals surface area contributed by atoms with Crippen LogP contribution in [0.1, 0.15) is 25.6 Å². The van der Waals surface area contributed by atoms with Crippen molar-refractivity contribution in [2.45, 2.75) is 20.8 Å². The van der Waals surface area contributed by atoms with Crippen LogP contribution in [0.2, 0.25) is 0 Å². The van der Waals surface area contributed by atoms with E-state index >= 15 is 0 Å². The quantitative estimate of drug-likeness (QED) is 0.157. The summed E-state index contributed by atoms with van der Waals surface area (Å²) in [7, 11) is 0. The lowest BCUT2D eigenvalue weighted by Gasteiger charge is -2.08. The van der Waals surface area contributed by atoms with E-state index in [1.165, 1.54) is 52.5 Å². The smallest absolute Gasteiger partial charge is 0.0780 e. The zero-order chi connectivity index (χ0) is 22.7. The fourth-order valence-corrected chi connectivity index (χ4v) is 5.87. The van der Waals surface area contributed by atoms with E-state index in [0.29, 0.717) is 0 Å². The Labute approximate surface area is 202 Å². The highest BCUT2D eigenvalue weighted by Gasteiger charge is 2.09. The van der Waals surface area contributed by atoms with Crippen molar-refractivity contribution in [2.75, 3.05) is 12.5 Å². The fourth-order valence-electron chi connectivity index (χ4n) is 4.05. The molecule has 0 atom stereocenters. The molecule has 0 N–H and O–H groups in total. The lowest BCUT2D eigenvalue weighted by atomic mass is 9.96. The predicted octanol–water partition coefficient (Wildman–Crippen LogP) is 9.95. The SMILES string of the molecule is CC.CC#Cc1cc2cc3c(ccc4c5cc6ccsc6cc5ccc34)cc2s1.CSC. The maximum absolute atomic E-state index is 3.20. The molecule has 0 nitrogen and oxygen atoms in total. The van der Waals surface area contributed by atoms with Gasteiger partial charge in [-0.2, -0.15) is 11.8 Å². The van der Waals surface area contributed by atoms with Crippen molar-refractivity contribution in [3.8, 4) is 11.8 Å². The van der Waals surface area contributed by atoms with Crippen LogP contribution in [0.4, 0.5) is 0 Å². The first kappa shape index (κ1) is 22.7. The van der Waals surface area contributed by atoms with Crippen LogP contribution < -0.4 is 0 Å². The molecule has 0 aliphatic carbocycles. The zero-order valence-electron chi connectivity index (χ0n) is 19.1. The molecule has 0 amide bonds. The second-order valence-electron chi connectivity index (χ2n) is 7.26. The van der Waals surface area contributed by atoms with Crippen LogP contribution in [0.3, 0.4) is 0 Å². The van der Waals surface area contributed by atoms with Crippen LogP contribution in [0.25, 0.3) is 52.5 Å². The van der Waals surface area contributed by atoms with Gasteiger partial charge in [0.05, 0.1) is 4.88 Å². The first-order valence-electron chi connectivity index (χ1n) is 10.7. The van der Waals surface area contributed by atoms with Crippen LogP contribution in [0, 0.1) is 11.8 Å². The normalized spacial score (nSPS) is 10.5. The van der Waals surface area contributed by atoms with Crippen LogP contribution in [-0.2, 0) is 0 Å². The molecule has 32 heavy (non-hydrogen) atoms. The largest absolute Gasteiger partial charge is 0.169 e. The van der Waals surface area contributed by atoms with E-state index in [9.17, 15) is 0 Å². The Morgan fingerprint density at radius 3 is 1.88 bits per heavy atom. The maximum atomic E-state index is 3.20. The minimum atomic E-state index is 1.14. The third kappa shape index (κ3) is 4.11. The molecule has 0 radical (unpaired) electrons. The monoisotopic (exact) mass is 470 g/mol. The van der Waals surface area contributed by atoms with Gasteiger partial charge in [0.2, 0.25) is 0 Å². The number of rotatable bonds is 0. The zero-order valence-corrected chi connectivity index (χ0v) is 21.5. The molecule has 6 aromatic rings. The molecular formula is C29H26S3. The van der Waals surface area contributed by atoms with Crippen molar-refractivity contribution in [3.63, 3.8) is 0 Å². The molecule has 6 rings (SSSR count). The summed E-state index contributed by atoms with van der Waals surface area (Å²) in [5.41, 5.74) is 0. The van der Waals surface area contributed by atoms with E-state index in [1.807, 2.05) is 44.6 Å². The number of thioether (sulfide) groups is 1. The predicted molar refractivity (Wildman–Crippen MR) is 153 cm³/mol. The molecule has 0 aliphatic rings. The Bertz CT molecular complexity index is 1600. The molecule has 0 spiro atoms. The Hall–Kier alpha value is -2.51. The second kappa shape index (κ2) is 9.96. The maximum Gasteiger partial charge on any atom is 0.0780 e. The van der Waals surface area contributed by atoms with Crippen molar-refractivity contribution in [2.24, 2.45) is 0 Å². The van der Waals surface area contributed by atoms with Crippen molar-refractivity contribution in [3.05, 3.63) is 70.9 Å². The third-order valence-electron chi connectivity index (χ3n) is 5.29. The topological polar surface area (TPSA) is 0 Å². The summed E-state index contributed by atoms with van der Waals surface area (Å²) < 4.78 is 2.66. The lowest BCUT2D eigenvalue weighted by molar-refractivity contribution is 1.50. The second-order valence-corrected chi connectivity index (χ2v) is 10.1. The van der Waals surface area contributed by atoms with Crippen molar-refractivity contribution < 1.29 is 0 Å². The molecule has 0 aliphatic heterocycles. The summed E-state index contributed by atoms with van der Waals surface area (Å²) in [4.78, 5) is 1.14. The molecular weight excluding hydrogens is 445 g/mol. The van der Waals surface area contributed by atoms with E-state index in [4.69, 9.17) is 0 Å². The van der Waals surface area contributed by atoms with Crippen molar-refractivity contribution in [1.29, 1.82) is 0 Å². The molecule has 0 saturated heterocycles. The number of thiophene rings is 2. The molecule has 2 heterocycles. The Morgan fingerprint density at radius 2 is 1.25 bits per heavy atom. The molecule has 3 heteroatoms. The molecule has 0 fully saturated rings. The number of fused-ring (bicyclic) bond motifs is 7. The van der Waals surface area contributed by atoms with Crippen molar-refractivity contribution >= 4 is 86.9 Å². The van der Waals surface area contributed by atoms with Crippen molar-refractivity contribution in [1.82, 2.24) is 0 Å². The van der Waals surface area contributed by atoms with Crippen LogP contribution in [0.5, 0.6) is 0 Å². The number of hydrogen-bond acceptors (Lipinski definition) is 3. The van der Waals surface area contributed by atoms with Gasteiger partial charge in [-0.15, -0.1) is 28.6 Å². The van der Waals surface area contributed by atoms with Gasteiger partial charge in [-0.25, -0.2) is 0 Å². The highest BCUT2D eigenvalue weighted by molar-refractivity contribution is 7.97. The Morgan fingerprint density at radius 1 is 0.656 bits per heavy atom.